The van der Waals surface area contributed by atoms with Crippen LogP contribution in [-0.2, 0) is 6.61 Å². The molecule has 3 rings (SSSR count). The minimum absolute atomic E-state index is 0.311. The molecule has 0 atom stereocenters. The van der Waals surface area contributed by atoms with Crippen LogP contribution in [0.2, 0.25) is 5.02 Å². The normalized spacial score (nSPS) is 10.8. The van der Waals surface area contributed by atoms with E-state index in [1.54, 1.807) is 12.1 Å². The van der Waals surface area contributed by atoms with E-state index >= 15 is 0 Å². The van der Waals surface area contributed by atoms with Crippen LogP contribution in [0.3, 0.4) is 0 Å². The zero-order chi connectivity index (χ0) is 13.2. The monoisotopic (exact) mass is 275 g/mol. The van der Waals surface area contributed by atoms with Gasteiger partial charge in [0.1, 0.15) is 18.2 Å². The van der Waals surface area contributed by atoms with E-state index in [-0.39, 0.29) is 5.82 Å². The molecule has 1 aromatic heterocycles. The van der Waals surface area contributed by atoms with Gasteiger partial charge in [0.05, 0.1) is 5.02 Å². The zero-order valence-corrected chi connectivity index (χ0v) is 10.7. The van der Waals surface area contributed by atoms with Crippen LogP contribution in [0, 0.1) is 5.82 Å². The van der Waals surface area contributed by atoms with Crippen molar-refractivity contribution in [2.75, 3.05) is 0 Å². The molecule has 0 fully saturated rings. The van der Waals surface area contributed by atoms with Gasteiger partial charge in [-0.05, 0) is 24.3 Å². The summed E-state index contributed by atoms with van der Waals surface area (Å²) in [6.45, 7) is 0.340. The first kappa shape index (κ1) is 12.1. The van der Waals surface area contributed by atoms with Gasteiger partial charge in [0.25, 0.3) is 0 Å². The van der Waals surface area contributed by atoms with Crippen molar-refractivity contribution < 1.29 is 9.13 Å². The lowest BCUT2D eigenvalue weighted by molar-refractivity contribution is 0.306. The fourth-order valence-corrected chi connectivity index (χ4v) is 2.34. The Bertz CT molecular complexity index is 723. The van der Waals surface area contributed by atoms with Gasteiger partial charge in [0.15, 0.2) is 0 Å². The first-order valence-electron chi connectivity index (χ1n) is 5.87. The predicted molar refractivity (Wildman–Crippen MR) is 74.0 cm³/mol. The minimum Gasteiger partial charge on any atom is -0.489 e. The molecule has 0 unspecified atom stereocenters. The third kappa shape index (κ3) is 2.42. The number of hydrogen-bond donors (Lipinski definition) is 1. The van der Waals surface area contributed by atoms with Crippen LogP contribution in [-0.4, -0.2) is 4.98 Å². The van der Waals surface area contributed by atoms with Crippen molar-refractivity contribution in [3.8, 4) is 5.75 Å². The van der Waals surface area contributed by atoms with Crippen molar-refractivity contribution in [2.45, 2.75) is 6.61 Å². The van der Waals surface area contributed by atoms with Crippen LogP contribution < -0.4 is 4.74 Å². The number of hydrogen-bond acceptors (Lipinski definition) is 1. The van der Waals surface area contributed by atoms with Crippen LogP contribution >= 0.6 is 11.6 Å². The summed E-state index contributed by atoms with van der Waals surface area (Å²) in [5.74, 6) is 0.191. The van der Waals surface area contributed by atoms with Crippen LogP contribution in [0.15, 0.2) is 48.7 Å². The van der Waals surface area contributed by atoms with Gasteiger partial charge < -0.3 is 9.72 Å². The molecular weight excluding hydrogens is 265 g/mol. The molecule has 2 aromatic carbocycles. The maximum absolute atomic E-state index is 13.0. The van der Waals surface area contributed by atoms with Crippen molar-refractivity contribution in [2.24, 2.45) is 0 Å². The van der Waals surface area contributed by atoms with E-state index in [9.17, 15) is 4.39 Å². The maximum atomic E-state index is 13.0. The summed E-state index contributed by atoms with van der Waals surface area (Å²) in [6, 6.07) is 11.8. The molecule has 96 valence electrons. The topological polar surface area (TPSA) is 25.0 Å². The summed E-state index contributed by atoms with van der Waals surface area (Å²) in [6.07, 6.45) is 1.86. The zero-order valence-electron chi connectivity index (χ0n) is 9.99. The van der Waals surface area contributed by atoms with Gasteiger partial charge in [-0.2, -0.15) is 0 Å². The van der Waals surface area contributed by atoms with E-state index in [1.165, 1.54) is 12.1 Å². The molecule has 1 N–H and O–H groups in total. The first-order chi connectivity index (χ1) is 9.24. The third-order valence-electron chi connectivity index (χ3n) is 2.93. The molecule has 4 heteroatoms. The third-order valence-corrected chi connectivity index (χ3v) is 3.24. The number of H-pyrrole nitrogens is 1. The molecule has 0 aliphatic heterocycles. The van der Waals surface area contributed by atoms with E-state index in [4.69, 9.17) is 16.3 Å². The number of aromatic amines is 1. The van der Waals surface area contributed by atoms with E-state index in [0.29, 0.717) is 17.4 Å². The molecule has 0 spiro atoms. The second kappa shape index (κ2) is 4.94. The lowest BCUT2D eigenvalue weighted by atomic mass is 10.2. The maximum Gasteiger partial charge on any atom is 0.126 e. The molecular formula is C15H11ClFNO. The molecule has 1 heterocycles. The average Bonchev–Trinajstić information content (AvgIpc) is 2.81. The van der Waals surface area contributed by atoms with Gasteiger partial charge >= 0.3 is 0 Å². The Hall–Kier alpha value is -2.00. The Balaban J connectivity index is 1.86. The van der Waals surface area contributed by atoms with Crippen molar-refractivity contribution in [3.63, 3.8) is 0 Å². The molecule has 0 aliphatic rings. The fourth-order valence-electron chi connectivity index (χ4n) is 2.04. The van der Waals surface area contributed by atoms with Gasteiger partial charge in [0.2, 0.25) is 0 Å². The molecule has 0 amide bonds. The van der Waals surface area contributed by atoms with Gasteiger partial charge in [0, 0.05) is 28.7 Å². The number of rotatable bonds is 3. The van der Waals surface area contributed by atoms with E-state index < -0.39 is 0 Å². The van der Waals surface area contributed by atoms with Crippen molar-refractivity contribution >= 4 is 22.5 Å². The smallest absolute Gasteiger partial charge is 0.126 e. The van der Waals surface area contributed by atoms with E-state index in [1.807, 2.05) is 24.4 Å². The van der Waals surface area contributed by atoms with Crippen molar-refractivity contribution in [1.29, 1.82) is 0 Å². The van der Waals surface area contributed by atoms with Gasteiger partial charge in [-0.25, -0.2) is 4.39 Å². The van der Waals surface area contributed by atoms with Crippen LogP contribution in [0.5, 0.6) is 5.75 Å². The Labute approximate surface area is 114 Å². The number of fused-ring (bicyclic) bond motifs is 1. The first-order valence-corrected chi connectivity index (χ1v) is 6.25. The molecule has 0 radical (unpaired) electrons. The van der Waals surface area contributed by atoms with Crippen molar-refractivity contribution in [1.82, 2.24) is 4.98 Å². The highest BCUT2D eigenvalue weighted by molar-refractivity contribution is 6.35. The second-order valence-corrected chi connectivity index (χ2v) is 4.63. The molecule has 0 saturated heterocycles. The highest BCUT2D eigenvalue weighted by Gasteiger charge is 2.08. The summed E-state index contributed by atoms with van der Waals surface area (Å²) in [4.78, 5) is 3.14. The quantitative estimate of drug-likeness (QED) is 0.746. The largest absolute Gasteiger partial charge is 0.489 e. The van der Waals surface area contributed by atoms with Crippen LogP contribution in [0.25, 0.3) is 10.9 Å². The lowest BCUT2D eigenvalue weighted by Gasteiger charge is -2.05. The molecule has 0 saturated carbocycles. The Kier molecular flexibility index (Phi) is 3.13. The van der Waals surface area contributed by atoms with Gasteiger partial charge in [-0.3, -0.25) is 0 Å². The predicted octanol–water partition coefficient (Wildman–Crippen LogP) is 4.54. The molecule has 19 heavy (non-hydrogen) atoms. The molecule has 3 aromatic rings. The summed E-state index contributed by atoms with van der Waals surface area (Å²) in [5, 5.41) is 1.62. The Morgan fingerprint density at radius 2 is 2.00 bits per heavy atom. The van der Waals surface area contributed by atoms with Gasteiger partial charge in [-0.15, -0.1) is 0 Å². The average molecular weight is 276 g/mol. The number of halogens is 2. The number of benzene rings is 2. The van der Waals surface area contributed by atoms with Crippen molar-refractivity contribution in [3.05, 3.63) is 65.1 Å². The van der Waals surface area contributed by atoms with Crippen LogP contribution in [0.1, 0.15) is 5.56 Å². The fraction of sp³-hybridized carbons (Fsp3) is 0.0667. The SMILES string of the molecule is Fc1cccc(OCc2c[nH]c3cccc(Cl)c23)c1. The second-order valence-electron chi connectivity index (χ2n) is 4.22. The summed E-state index contributed by atoms with van der Waals surface area (Å²) >= 11 is 6.17. The standard InChI is InChI=1S/C15H11ClFNO/c16-13-5-2-6-14-15(13)10(8-18-14)9-19-12-4-1-3-11(17)7-12/h1-8,18H,9H2. The summed E-state index contributed by atoms with van der Waals surface area (Å²) < 4.78 is 18.6. The molecule has 2 nitrogen and oxygen atoms in total. The number of ether oxygens (including phenoxy) is 1. The summed E-state index contributed by atoms with van der Waals surface area (Å²) in [5.41, 5.74) is 1.91. The Morgan fingerprint density at radius 1 is 1.16 bits per heavy atom. The minimum atomic E-state index is -0.311. The number of nitrogens with one attached hydrogen (secondary N) is 1. The van der Waals surface area contributed by atoms with Crippen LogP contribution in [0.4, 0.5) is 4.39 Å². The van der Waals surface area contributed by atoms with Gasteiger partial charge in [-0.1, -0.05) is 23.7 Å². The summed E-state index contributed by atoms with van der Waals surface area (Å²) in [7, 11) is 0. The lowest BCUT2D eigenvalue weighted by Crippen LogP contribution is -1.94. The Morgan fingerprint density at radius 3 is 2.84 bits per heavy atom. The van der Waals surface area contributed by atoms with E-state index in [2.05, 4.69) is 4.98 Å². The highest BCUT2D eigenvalue weighted by atomic mass is 35.5. The molecule has 0 bridgehead atoms. The number of aromatic nitrogens is 1. The highest BCUT2D eigenvalue weighted by Crippen LogP contribution is 2.27. The van der Waals surface area contributed by atoms with E-state index in [0.717, 1.165) is 16.5 Å². The molecule has 0 aliphatic carbocycles.